The second-order valence-corrected chi connectivity index (χ2v) is 32.9. The smallest absolute Gasteiger partial charge is 0.343 e. The van der Waals surface area contributed by atoms with Gasteiger partial charge in [0, 0.05) is 24.3 Å². The highest BCUT2D eigenvalue weighted by Crippen LogP contribution is 2.36. The molecule has 4 N–H and O–H groups in total. The fourth-order valence-corrected chi connectivity index (χ4v) is 14.8. The number of primary amides is 2. The lowest BCUT2D eigenvalue weighted by atomic mass is 9.99. The van der Waals surface area contributed by atoms with Crippen molar-refractivity contribution in [2.75, 3.05) is 52.9 Å². The van der Waals surface area contributed by atoms with E-state index in [1.807, 2.05) is 0 Å². The Morgan fingerprint density at radius 2 is 0.405 bits per heavy atom. The third-order valence-electron chi connectivity index (χ3n) is 22.2. The topological polar surface area (TPSA) is 333 Å². The largest absolute Gasteiger partial charge is 0.494 e. The number of carbonyl (C=O) groups excluding carboxylic acids is 10. The minimum atomic E-state index is -0.906. The summed E-state index contributed by atoms with van der Waals surface area (Å²) in [6.07, 6.45) is 47.5. The number of ether oxygens (including phenoxy) is 12. The number of aryl methyl sites for hydroxylation is 2. The number of carbonyl (C=O) groups is 10. The van der Waals surface area contributed by atoms with E-state index in [4.69, 9.17) is 68.3 Å². The molecule has 0 saturated heterocycles. The first-order valence-corrected chi connectivity index (χ1v) is 47.8. The zero-order chi connectivity index (χ0) is 93.9. The molecular formula is C107H142N2O22. The van der Waals surface area contributed by atoms with Gasteiger partial charge in [-0.2, -0.15) is 0 Å². The van der Waals surface area contributed by atoms with Gasteiger partial charge in [0.25, 0.3) is 11.8 Å². The Bertz CT molecular complexity index is 4140. The van der Waals surface area contributed by atoms with Crippen LogP contribution in [0.4, 0.5) is 0 Å². The minimum absolute atomic E-state index is 0.0263. The molecule has 0 unspecified atom stereocenters. The molecule has 6 aromatic carbocycles. The molecule has 712 valence electrons. The summed E-state index contributed by atoms with van der Waals surface area (Å²) in [5.41, 5.74) is 13.5. The Hall–Kier alpha value is -11.8. The van der Waals surface area contributed by atoms with Crippen LogP contribution >= 0.6 is 0 Å². The van der Waals surface area contributed by atoms with Gasteiger partial charge in [0.1, 0.15) is 46.0 Å². The predicted octanol–water partition coefficient (Wildman–Crippen LogP) is 23.8. The van der Waals surface area contributed by atoms with E-state index in [1.54, 1.807) is 109 Å². The number of benzene rings is 6. The van der Waals surface area contributed by atoms with Crippen molar-refractivity contribution in [1.82, 2.24) is 0 Å². The third kappa shape index (κ3) is 47.0. The molecule has 2 amide bonds. The predicted molar refractivity (Wildman–Crippen MR) is 508 cm³/mol. The van der Waals surface area contributed by atoms with Crippen LogP contribution < -0.4 is 49.4 Å². The van der Waals surface area contributed by atoms with Gasteiger partial charge in [0.05, 0.1) is 86.2 Å². The van der Waals surface area contributed by atoms with Crippen LogP contribution in [-0.2, 0) is 51.0 Å². The molecule has 24 heteroatoms. The molecule has 6 aromatic rings. The molecule has 0 bridgehead atoms. The number of rotatable bonds is 76. The quantitative estimate of drug-likeness (QED) is 0.0118. The van der Waals surface area contributed by atoms with Gasteiger partial charge in [0.2, 0.25) is 0 Å². The highest BCUT2D eigenvalue weighted by atomic mass is 16.6. The summed E-state index contributed by atoms with van der Waals surface area (Å²) in [5.74, 6) is -3.93. The van der Waals surface area contributed by atoms with Crippen molar-refractivity contribution in [2.24, 2.45) is 11.5 Å². The normalized spacial score (nSPS) is 10.9. The van der Waals surface area contributed by atoms with Gasteiger partial charge >= 0.3 is 47.8 Å². The Labute approximate surface area is 776 Å². The molecule has 0 aliphatic rings. The van der Waals surface area contributed by atoms with E-state index in [0.717, 1.165) is 250 Å². The van der Waals surface area contributed by atoms with Gasteiger partial charge in [-0.25, -0.2) is 38.4 Å². The molecule has 0 saturated carbocycles. The van der Waals surface area contributed by atoms with Crippen molar-refractivity contribution in [1.29, 1.82) is 0 Å². The van der Waals surface area contributed by atoms with Crippen molar-refractivity contribution in [3.8, 4) is 46.0 Å². The maximum atomic E-state index is 14.1. The average Bonchev–Trinajstić information content (AvgIpc) is 0.803. The van der Waals surface area contributed by atoms with E-state index in [9.17, 15) is 47.9 Å². The fourth-order valence-electron chi connectivity index (χ4n) is 14.8. The maximum Gasteiger partial charge on any atom is 0.343 e. The van der Waals surface area contributed by atoms with Crippen molar-refractivity contribution < 1.29 is 105 Å². The number of nitrogens with two attached hydrogens (primary N) is 2. The summed E-state index contributed by atoms with van der Waals surface area (Å²) in [4.78, 5) is 128. The lowest BCUT2D eigenvalue weighted by Crippen LogP contribution is -2.18. The minimum Gasteiger partial charge on any atom is -0.494 e. The standard InChI is InChI=1S/C107H142N2O22/c1-5-96(110)124-74-48-38-28-17-9-13-24-34-44-70-120-88-62-54-82(55-63-88)104(116)128-92-78-86(100(94(80-92)102(108)114)130-106(118)84-58-66-90(67-59-84)122-72-46-36-26-15-11-19-30-40-50-76-126-98(112)7-3)52-42-32-22-21-23-33-43-53-87-79-93(129-105(117)83-56-64-89(65-57-83)121-71-45-35-25-14-10-18-29-39-49-75-125-97(111)6-2)81-95(103(109)115)101(87)131-107(119)85-60-68-91(69-61-85)123-73-47-37-27-16-12-20-31-41-51-77-127-99(113)8-4/h5-8,54-69,78-81H,1-4,9-53,70-77H2,(H2,108,114)(H2,109,115). The van der Waals surface area contributed by atoms with Gasteiger partial charge < -0.3 is 68.3 Å². The zero-order valence-corrected chi connectivity index (χ0v) is 77.3. The number of hydrogen-bond donors (Lipinski definition) is 2. The maximum absolute atomic E-state index is 14.1. The highest BCUT2D eigenvalue weighted by molar-refractivity contribution is 6.01. The Morgan fingerprint density at radius 3 is 0.603 bits per heavy atom. The van der Waals surface area contributed by atoms with Gasteiger partial charge in [-0.15, -0.1) is 0 Å². The van der Waals surface area contributed by atoms with E-state index in [1.165, 1.54) is 36.4 Å². The van der Waals surface area contributed by atoms with Crippen LogP contribution in [-0.4, -0.2) is 112 Å². The number of unbranched alkanes of at least 4 members (excludes halogenated alkanes) is 38. The molecular weight excluding hydrogens is 1670 g/mol. The number of hydrogen-bond acceptors (Lipinski definition) is 22. The molecule has 0 radical (unpaired) electrons. The highest BCUT2D eigenvalue weighted by Gasteiger charge is 2.26. The second-order valence-electron chi connectivity index (χ2n) is 32.9. The summed E-state index contributed by atoms with van der Waals surface area (Å²) in [6.45, 7) is 17.4. The lowest BCUT2D eigenvalue weighted by molar-refractivity contribution is -0.138. The molecule has 0 aromatic heterocycles. The molecule has 0 heterocycles. The summed E-state index contributed by atoms with van der Waals surface area (Å²) >= 11 is 0. The molecule has 0 spiro atoms. The third-order valence-corrected chi connectivity index (χ3v) is 22.2. The van der Waals surface area contributed by atoms with Crippen LogP contribution in [0.2, 0.25) is 0 Å². The molecule has 0 aliphatic heterocycles. The van der Waals surface area contributed by atoms with Crippen LogP contribution in [0, 0.1) is 0 Å². The van der Waals surface area contributed by atoms with Gasteiger partial charge in [-0.1, -0.05) is 238 Å². The van der Waals surface area contributed by atoms with Crippen molar-refractivity contribution >= 4 is 59.6 Å². The van der Waals surface area contributed by atoms with Crippen LogP contribution in [0.25, 0.3) is 0 Å². The molecule has 0 atom stereocenters. The Kier molecular flexibility index (Phi) is 55.5. The SMILES string of the molecule is C=CC(=O)OCCCCCCCCCCCOc1ccc(C(=O)Oc2cc(CCCCCCCCCc3cc(OC(=O)c4ccc(OCCCCCCCCCCCOC(=O)C=C)cc4)cc(C(N)=O)c3OC(=O)c3ccc(OCCCCCCCCCCCOC(=O)C=C)cc3)c(OC(=O)c3ccc(OCCCCCCCCCCCOC(=O)C=C)cc3)c(C(N)=O)c2)cc1. The van der Waals surface area contributed by atoms with E-state index < -0.39 is 47.6 Å². The Balaban J connectivity index is 1.06. The monoisotopic (exact) mass is 1810 g/mol. The molecule has 131 heavy (non-hydrogen) atoms. The van der Waals surface area contributed by atoms with Crippen molar-refractivity contribution in [2.45, 2.75) is 289 Å². The first-order chi connectivity index (χ1) is 63.9. The average molecular weight is 1810 g/mol. The first-order valence-electron chi connectivity index (χ1n) is 47.8. The molecule has 0 aliphatic carbocycles. The van der Waals surface area contributed by atoms with Gasteiger partial charge in [0.15, 0.2) is 0 Å². The molecule has 24 nitrogen and oxygen atoms in total. The summed E-state index contributed by atoms with van der Waals surface area (Å²) in [6, 6.07) is 32.2. The van der Waals surface area contributed by atoms with E-state index >= 15 is 0 Å². The number of esters is 8. The van der Waals surface area contributed by atoms with Crippen molar-refractivity contribution in [3.63, 3.8) is 0 Å². The molecule has 6 rings (SSSR count). The lowest BCUT2D eigenvalue weighted by Gasteiger charge is -2.16. The summed E-state index contributed by atoms with van der Waals surface area (Å²) in [5, 5.41) is 0. The van der Waals surface area contributed by atoms with Crippen LogP contribution in [0.15, 0.2) is 172 Å². The Morgan fingerprint density at radius 1 is 0.221 bits per heavy atom. The van der Waals surface area contributed by atoms with E-state index in [-0.39, 0.29) is 68.3 Å². The second kappa shape index (κ2) is 67.4. The zero-order valence-electron chi connectivity index (χ0n) is 77.3. The van der Waals surface area contributed by atoms with E-state index in [2.05, 4.69) is 26.3 Å². The summed E-state index contributed by atoms with van der Waals surface area (Å²) < 4.78 is 68.4. The molecule has 0 fully saturated rings. The summed E-state index contributed by atoms with van der Waals surface area (Å²) in [7, 11) is 0. The van der Waals surface area contributed by atoms with Gasteiger partial charge in [-0.3, -0.25) is 9.59 Å². The van der Waals surface area contributed by atoms with E-state index in [0.29, 0.717) is 126 Å². The fraction of sp³-hybridized carbons (Fsp3) is 0.495. The first kappa shape index (κ1) is 108. The van der Waals surface area contributed by atoms with Crippen LogP contribution in [0.1, 0.15) is 349 Å². The van der Waals surface area contributed by atoms with Crippen molar-refractivity contribution in [3.05, 3.63) is 216 Å². The number of amides is 2. The van der Waals surface area contributed by atoms with Crippen LogP contribution in [0.3, 0.4) is 0 Å². The van der Waals surface area contributed by atoms with Gasteiger partial charge in [-0.05, 0) is 210 Å². The van der Waals surface area contributed by atoms with Crippen LogP contribution in [0.5, 0.6) is 46.0 Å².